The first-order valence-corrected chi connectivity index (χ1v) is 5.73. The Morgan fingerprint density at radius 2 is 2.17 bits per heavy atom. The van der Waals surface area contributed by atoms with Gasteiger partial charge in [-0.3, -0.25) is 0 Å². The van der Waals surface area contributed by atoms with Crippen LogP contribution in [0.5, 0.6) is 0 Å². The summed E-state index contributed by atoms with van der Waals surface area (Å²) in [5.74, 6) is 1.58. The van der Waals surface area contributed by atoms with E-state index in [0.29, 0.717) is 17.4 Å². The molecule has 0 aliphatic heterocycles. The van der Waals surface area contributed by atoms with E-state index in [1.54, 1.807) is 7.11 Å². The van der Waals surface area contributed by atoms with E-state index in [9.17, 15) is 0 Å². The minimum atomic E-state index is -0.111. The Hall–Kier alpha value is -2.02. The molecule has 7 nitrogen and oxygen atoms in total. The molecule has 3 rings (SSSR count). The molecule has 2 aromatic heterocycles. The maximum atomic E-state index is 5.71. The standard InChI is InChI=1S/C11H13N5O2/c1-17-8(6-2-3-6)10-15-11(18-16-10)7-9(12)14-5-4-13-7/h4-6,8H,2-3H2,1H3,(H2,12,14). The fourth-order valence-electron chi connectivity index (χ4n) is 1.87. The number of nitrogens with zero attached hydrogens (tertiary/aromatic N) is 4. The molecule has 0 aromatic carbocycles. The molecule has 0 radical (unpaired) electrons. The lowest BCUT2D eigenvalue weighted by molar-refractivity contribution is 0.0751. The summed E-state index contributed by atoms with van der Waals surface area (Å²) in [5.41, 5.74) is 6.11. The highest BCUT2D eigenvalue weighted by Crippen LogP contribution is 2.42. The summed E-state index contributed by atoms with van der Waals surface area (Å²) in [4.78, 5) is 12.3. The summed E-state index contributed by atoms with van der Waals surface area (Å²) < 4.78 is 10.6. The Morgan fingerprint density at radius 1 is 1.39 bits per heavy atom. The Morgan fingerprint density at radius 3 is 2.83 bits per heavy atom. The summed E-state index contributed by atoms with van der Waals surface area (Å²) in [7, 11) is 1.65. The molecule has 1 fully saturated rings. The van der Waals surface area contributed by atoms with Gasteiger partial charge in [-0.15, -0.1) is 0 Å². The van der Waals surface area contributed by atoms with Crippen molar-refractivity contribution in [1.29, 1.82) is 0 Å². The van der Waals surface area contributed by atoms with Gasteiger partial charge in [0.1, 0.15) is 6.10 Å². The van der Waals surface area contributed by atoms with E-state index in [-0.39, 0.29) is 17.8 Å². The Kier molecular flexibility index (Phi) is 2.67. The van der Waals surface area contributed by atoms with Crippen molar-refractivity contribution in [1.82, 2.24) is 20.1 Å². The largest absolute Gasteiger partial charge is 0.382 e. The monoisotopic (exact) mass is 247 g/mol. The third-order valence-electron chi connectivity index (χ3n) is 2.93. The zero-order valence-corrected chi connectivity index (χ0v) is 9.91. The van der Waals surface area contributed by atoms with E-state index in [0.717, 1.165) is 12.8 Å². The molecule has 2 N–H and O–H groups in total. The second-order valence-corrected chi connectivity index (χ2v) is 4.24. The molecule has 2 aromatic rings. The average molecular weight is 247 g/mol. The lowest BCUT2D eigenvalue weighted by atomic mass is 10.2. The molecular weight excluding hydrogens is 234 g/mol. The van der Waals surface area contributed by atoms with E-state index in [2.05, 4.69) is 20.1 Å². The van der Waals surface area contributed by atoms with Gasteiger partial charge >= 0.3 is 0 Å². The summed E-state index contributed by atoms with van der Waals surface area (Å²) in [6, 6.07) is 0. The van der Waals surface area contributed by atoms with Crippen LogP contribution in [-0.4, -0.2) is 27.2 Å². The van der Waals surface area contributed by atoms with Gasteiger partial charge in [0.25, 0.3) is 5.89 Å². The predicted molar refractivity (Wildman–Crippen MR) is 62.2 cm³/mol. The first-order valence-electron chi connectivity index (χ1n) is 5.73. The van der Waals surface area contributed by atoms with Gasteiger partial charge in [-0.2, -0.15) is 4.98 Å². The second-order valence-electron chi connectivity index (χ2n) is 4.24. The molecule has 1 unspecified atom stereocenters. The zero-order chi connectivity index (χ0) is 12.5. The van der Waals surface area contributed by atoms with Gasteiger partial charge < -0.3 is 15.0 Å². The van der Waals surface area contributed by atoms with Crippen LogP contribution in [0.15, 0.2) is 16.9 Å². The van der Waals surface area contributed by atoms with Crippen molar-refractivity contribution >= 4 is 5.82 Å². The fourth-order valence-corrected chi connectivity index (χ4v) is 1.87. The van der Waals surface area contributed by atoms with Crippen LogP contribution < -0.4 is 5.73 Å². The van der Waals surface area contributed by atoms with Crippen LogP contribution in [0.1, 0.15) is 24.8 Å². The van der Waals surface area contributed by atoms with Crippen LogP contribution in [0, 0.1) is 5.92 Å². The molecule has 1 aliphatic carbocycles. The van der Waals surface area contributed by atoms with Crippen LogP contribution >= 0.6 is 0 Å². The molecule has 2 heterocycles. The highest BCUT2D eigenvalue weighted by molar-refractivity contribution is 5.61. The van der Waals surface area contributed by atoms with Crippen LogP contribution in [0.4, 0.5) is 5.82 Å². The summed E-state index contributed by atoms with van der Waals surface area (Å²) >= 11 is 0. The smallest absolute Gasteiger partial charge is 0.280 e. The van der Waals surface area contributed by atoms with E-state index < -0.39 is 0 Å². The average Bonchev–Trinajstić information content (AvgIpc) is 3.09. The number of anilines is 1. The quantitative estimate of drug-likeness (QED) is 0.866. The number of nitrogen functional groups attached to an aromatic ring is 1. The molecule has 0 spiro atoms. The van der Waals surface area contributed by atoms with Gasteiger partial charge in [0.05, 0.1) is 0 Å². The highest BCUT2D eigenvalue weighted by Gasteiger charge is 2.35. The van der Waals surface area contributed by atoms with Gasteiger partial charge in [-0.25, -0.2) is 9.97 Å². The summed E-state index contributed by atoms with van der Waals surface area (Å²) in [5, 5.41) is 3.93. The number of ether oxygens (including phenoxy) is 1. The molecule has 0 amide bonds. The van der Waals surface area contributed by atoms with Gasteiger partial charge in [-0.05, 0) is 18.8 Å². The van der Waals surface area contributed by atoms with Crippen molar-refractivity contribution in [2.24, 2.45) is 5.92 Å². The molecule has 1 atom stereocenters. The summed E-state index contributed by atoms with van der Waals surface area (Å²) in [6.07, 6.45) is 5.20. The van der Waals surface area contributed by atoms with Gasteiger partial charge in [-0.1, -0.05) is 5.16 Å². The van der Waals surface area contributed by atoms with Crippen molar-refractivity contribution < 1.29 is 9.26 Å². The van der Waals surface area contributed by atoms with Crippen LogP contribution in [-0.2, 0) is 4.74 Å². The fraction of sp³-hybridized carbons (Fsp3) is 0.455. The zero-order valence-electron chi connectivity index (χ0n) is 9.91. The molecule has 1 saturated carbocycles. The third-order valence-corrected chi connectivity index (χ3v) is 2.93. The highest BCUT2D eigenvalue weighted by atomic mass is 16.5. The molecule has 94 valence electrons. The maximum absolute atomic E-state index is 5.71. The molecule has 0 bridgehead atoms. The van der Waals surface area contributed by atoms with Crippen molar-refractivity contribution in [3.05, 3.63) is 18.2 Å². The lowest BCUT2D eigenvalue weighted by Gasteiger charge is -2.08. The molecule has 0 saturated heterocycles. The minimum absolute atomic E-state index is 0.111. The number of methoxy groups -OCH3 is 1. The van der Waals surface area contributed by atoms with Crippen molar-refractivity contribution in [3.8, 4) is 11.6 Å². The van der Waals surface area contributed by atoms with Crippen molar-refractivity contribution in [2.75, 3.05) is 12.8 Å². The molecule has 18 heavy (non-hydrogen) atoms. The van der Waals surface area contributed by atoms with E-state index >= 15 is 0 Å². The SMILES string of the molecule is COC(c1noc(-c2nccnc2N)n1)C1CC1. The number of nitrogens with two attached hydrogens (primary N) is 1. The topological polar surface area (TPSA) is 100.0 Å². The predicted octanol–water partition coefficient (Wildman–Crippen LogP) is 1.21. The third kappa shape index (κ3) is 1.92. The molecular formula is C11H13N5O2. The van der Waals surface area contributed by atoms with Gasteiger partial charge in [0, 0.05) is 19.5 Å². The second kappa shape index (κ2) is 4.34. The van der Waals surface area contributed by atoms with E-state index in [4.69, 9.17) is 15.0 Å². The number of rotatable bonds is 4. The molecule has 1 aliphatic rings. The summed E-state index contributed by atoms with van der Waals surface area (Å²) in [6.45, 7) is 0. The number of aromatic nitrogens is 4. The Labute approximate surface area is 103 Å². The minimum Gasteiger partial charge on any atom is -0.382 e. The lowest BCUT2D eigenvalue weighted by Crippen LogP contribution is -2.05. The molecule has 7 heteroatoms. The number of hydrogen-bond acceptors (Lipinski definition) is 7. The number of hydrogen-bond donors (Lipinski definition) is 1. The van der Waals surface area contributed by atoms with Crippen LogP contribution in [0.3, 0.4) is 0 Å². The van der Waals surface area contributed by atoms with Gasteiger partial charge in [0.15, 0.2) is 11.5 Å². The van der Waals surface area contributed by atoms with Crippen molar-refractivity contribution in [2.45, 2.75) is 18.9 Å². The maximum Gasteiger partial charge on any atom is 0.280 e. The Balaban J connectivity index is 1.91. The van der Waals surface area contributed by atoms with Crippen LogP contribution in [0.2, 0.25) is 0 Å². The first-order chi connectivity index (χ1) is 8.79. The Bertz CT molecular complexity index is 552. The van der Waals surface area contributed by atoms with Crippen molar-refractivity contribution in [3.63, 3.8) is 0 Å². The van der Waals surface area contributed by atoms with E-state index in [1.807, 2.05) is 0 Å². The van der Waals surface area contributed by atoms with E-state index in [1.165, 1.54) is 12.4 Å². The van der Waals surface area contributed by atoms with Gasteiger partial charge in [0.2, 0.25) is 5.82 Å². The van der Waals surface area contributed by atoms with Crippen LogP contribution in [0.25, 0.3) is 11.6 Å². The normalized spacial score (nSPS) is 16.7. The first kappa shape index (κ1) is 11.1.